The monoisotopic (exact) mass is 392 g/mol. The Kier molecular flexibility index (Phi) is 4.92. The van der Waals surface area contributed by atoms with Crippen LogP contribution in [0.5, 0.6) is 0 Å². The maximum Gasteiger partial charge on any atom is 0.274 e. The quantitative estimate of drug-likeness (QED) is 0.856. The van der Waals surface area contributed by atoms with Crippen molar-refractivity contribution in [1.82, 2.24) is 19.8 Å². The van der Waals surface area contributed by atoms with Crippen molar-refractivity contribution in [3.8, 4) is 0 Å². The van der Waals surface area contributed by atoms with Crippen LogP contribution in [0.2, 0.25) is 0 Å². The molecule has 0 unspecified atom stereocenters. The van der Waals surface area contributed by atoms with Crippen LogP contribution in [0, 0.1) is 0 Å². The Hall–Kier alpha value is -3.06. The average molecular weight is 392 g/mol. The minimum atomic E-state index is -0.487. The molecule has 1 aromatic heterocycles. The van der Waals surface area contributed by atoms with Gasteiger partial charge in [0.15, 0.2) is 0 Å². The van der Waals surface area contributed by atoms with E-state index < -0.39 is 5.54 Å². The lowest BCUT2D eigenvalue weighted by Gasteiger charge is -2.70. The molecule has 2 fully saturated rings. The van der Waals surface area contributed by atoms with Gasteiger partial charge in [0.05, 0.1) is 24.4 Å². The molecule has 2 atom stereocenters. The molecule has 7 heteroatoms. The summed E-state index contributed by atoms with van der Waals surface area (Å²) in [5.74, 6) is -0.304. The Morgan fingerprint density at radius 2 is 1.97 bits per heavy atom. The van der Waals surface area contributed by atoms with E-state index in [0.717, 1.165) is 11.1 Å². The predicted molar refractivity (Wildman–Crippen MR) is 108 cm³/mol. The molecule has 2 saturated heterocycles. The van der Waals surface area contributed by atoms with Crippen molar-refractivity contribution < 1.29 is 14.7 Å². The highest BCUT2D eigenvalue weighted by Gasteiger charge is 2.67. The van der Waals surface area contributed by atoms with E-state index in [2.05, 4.69) is 22.1 Å². The minimum Gasteiger partial charge on any atom is -0.394 e. The first kappa shape index (κ1) is 19.3. The fourth-order valence-corrected chi connectivity index (χ4v) is 4.86. The Balaban J connectivity index is 1.61. The van der Waals surface area contributed by atoms with Crippen LogP contribution in [0.15, 0.2) is 48.9 Å². The number of hydrogen-bond acceptors (Lipinski definition) is 5. The van der Waals surface area contributed by atoms with Gasteiger partial charge in [0.25, 0.3) is 5.91 Å². The lowest BCUT2D eigenvalue weighted by Crippen LogP contribution is -2.85. The number of carbonyl (C=O) groups excluding carboxylic acids is 2. The molecule has 1 spiro atoms. The molecule has 29 heavy (non-hydrogen) atoms. The highest BCUT2D eigenvalue weighted by atomic mass is 16.3. The molecule has 2 aliphatic rings. The first-order valence-corrected chi connectivity index (χ1v) is 9.70. The zero-order valence-electron chi connectivity index (χ0n) is 16.5. The van der Waals surface area contributed by atoms with Gasteiger partial charge >= 0.3 is 0 Å². The van der Waals surface area contributed by atoms with Gasteiger partial charge in [0.2, 0.25) is 5.91 Å². The van der Waals surface area contributed by atoms with Crippen LogP contribution in [0.1, 0.15) is 41.4 Å². The summed E-state index contributed by atoms with van der Waals surface area (Å²) in [7, 11) is 0. The van der Waals surface area contributed by atoms with Gasteiger partial charge in [0, 0.05) is 38.3 Å². The summed E-state index contributed by atoms with van der Waals surface area (Å²) in [6.45, 7) is 4.21. The second-order valence-corrected chi connectivity index (χ2v) is 7.64. The zero-order valence-corrected chi connectivity index (χ0v) is 16.5. The number of aliphatic hydroxyl groups excluding tert-OH is 1. The first-order chi connectivity index (χ1) is 14.0. The number of allylic oxidation sites excluding steroid dienone is 1. The molecule has 0 saturated carbocycles. The molecule has 4 rings (SSSR count). The molecule has 0 radical (unpaired) electrons. The van der Waals surface area contributed by atoms with Crippen molar-refractivity contribution in [2.45, 2.75) is 31.3 Å². The lowest BCUT2D eigenvalue weighted by atomic mass is 9.60. The number of hydrogen-bond donors (Lipinski definition) is 1. The normalized spacial score (nSPS) is 22.4. The molecule has 3 heterocycles. The average Bonchev–Trinajstić information content (AvgIpc) is 2.68. The Labute approximate surface area is 169 Å². The number of benzene rings is 1. The van der Waals surface area contributed by atoms with Gasteiger partial charge < -0.3 is 14.9 Å². The number of likely N-dealkylation sites (tertiary alicyclic amines) is 2. The first-order valence-electron chi connectivity index (χ1n) is 9.70. The highest BCUT2D eigenvalue weighted by Crippen LogP contribution is 2.54. The van der Waals surface area contributed by atoms with Crippen LogP contribution >= 0.6 is 0 Å². The predicted octanol–water partition coefficient (Wildman–Crippen LogP) is 1.71. The van der Waals surface area contributed by atoms with Gasteiger partial charge in [-0.15, -0.1) is 0 Å². The summed E-state index contributed by atoms with van der Waals surface area (Å²) in [5, 5.41) is 9.98. The van der Waals surface area contributed by atoms with Gasteiger partial charge in [-0.1, -0.05) is 36.4 Å². The summed E-state index contributed by atoms with van der Waals surface area (Å²) in [4.78, 5) is 36.5. The summed E-state index contributed by atoms with van der Waals surface area (Å²) >= 11 is 0. The van der Waals surface area contributed by atoms with E-state index >= 15 is 0 Å². The SMILES string of the molecule is C/C=C/c1ccc([C@@H]2[C@H](CO)N(C(C)=O)C23CN(C(=O)c2cnccn2)C3)cc1. The molecule has 2 aliphatic heterocycles. The fourth-order valence-electron chi connectivity index (χ4n) is 4.86. The Morgan fingerprint density at radius 3 is 2.52 bits per heavy atom. The van der Waals surface area contributed by atoms with E-state index in [9.17, 15) is 14.7 Å². The van der Waals surface area contributed by atoms with E-state index in [1.165, 1.54) is 25.5 Å². The van der Waals surface area contributed by atoms with E-state index in [4.69, 9.17) is 0 Å². The number of aliphatic hydroxyl groups is 1. The molecule has 7 nitrogen and oxygen atoms in total. The van der Waals surface area contributed by atoms with Gasteiger partial charge in [-0.25, -0.2) is 4.98 Å². The summed E-state index contributed by atoms with van der Waals surface area (Å²) in [6, 6.07) is 7.89. The molecule has 1 aromatic carbocycles. The fraction of sp³-hybridized carbons (Fsp3) is 0.364. The van der Waals surface area contributed by atoms with Crippen molar-refractivity contribution in [3.63, 3.8) is 0 Å². The summed E-state index contributed by atoms with van der Waals surface area (Å²) in [6.07, 6.45) is 8.47. The zero-order chi connectivity index (χ0) is 20.6. The van der Waals surface area contributed by atoms with Gasteiger partial charge in [-0.05, 0) is 18.1 Å². The number of amides is 2. The van der Waals surface area contributed by atoms with Crippen molar-refractivity contribution in [3.05, 3.63) is 65.8 Å². The molecular formula is C22H24N4O3. The topological polar surface area (TPSA) is 86.6 Å². The summed E-state index contributed by atoms with van der Waals surface area (Å²) < 4.78 is 0. The van der Waals surface area contributed by atoms with Gasteiger partial charge in [0.1, 0.15) is 5.69 Å². The maximum atomic E-state index is 12.7. The third kappa shape index (κ3) is 3.02. The van der Waals surface area contributed by atoms with Crippen LogP contribution in [-0.4, -0.2) is 68.0 Å². The highest BCUT2D eigenvalue weighted by molar-refractivity contribution is 5.93. The van der Waals surface area contributed by atoms with Crippen LogP contribution in [-0.2, 0) is 4.79 Å². The van der Waals surface area contributed by atoms with E-state index in [-0.39, 0.29) is 30.4 Å². The number of carbonyl (C=O) groups is 2. The molecule has 2 amide bonds. The number of rotatable bonds is 4. The van der Waals surface area contributed by atoms with Crippen LogP contribution in [0.4, 0.5) is 0 Å². The third-order valence-corrected chi connectivity index (χ3v) is 5.95. The lowest BCUT2D eigenvalue weighted by molar-refractivity contribution is -0.191. The second-order valence-electron chi connectivity index (χ2n) is 7.64. The molecule has 0 aliphatic carbocycles. The number of aromatic nitrogens is 2. The molecular weight excluding hydrogens is 368 g/mol. The molecule has 150 valence electrons. The molecule has 0 bridgehead atoms. The number of nitrogens with zero attached hydrogens (tertiary/aromatic N) is 4. The Bertz CT molecular complexity index is 936. The molecule has 2 aromatic rings. The standard InChI is InChI=1S/C22H24N4O3/c1-3-4-16-5-7-17(8-6-16)20-19(12-27)26(15(2)28)22(20)13-25(14-22)21(29)18-11-23-9-10-24-18/h3-11,19-20,27H,12-14H2,1-2H3/b4-3+/t19-,20+/m0/s1. The van der Waals surface area contributed by atoms with E-state index in [1.807, 2.05) is 31.2 Å². The smallest absolute Gasteiger partial charge is 0.274 e. The molecule has 1 N–H and O–H groups in total. The largest absolute Gasteiger partial charge is 0.394 e. The van der Waals surface area contributed by atoms with Crippen molar-refractivity contribution in [2.24, 2.45) is 0 Å². The van der Waals surface area contributed by atoms with Crippen molar-refractivity contribution in [2.75, 3.05) is 19.7 Å². The Morgan fingerprint density at radius 1 is 1.24 bits per heavy atom. The maximum absolute atomic E-state index is 12.7. The van der Waals surface area contributed by atoms with Gasteiger partial charge in [-0.3, -0.25) is 14.6 Å². The van der Waals surface area contributed by atoms with Gasteiger partial charge in [-0.2, -0.15) is 0 Å². The van der Waals surface area contributed by atoms with E-state index in [0.29, 0.717) is 18.8 Å². The van der Waals surface area contributed by atoms with Crippen LogP contribution in [0.25, 0.3) is 6.08 Å². The van der Waals surface area contributed by atoms with Crippen molar-refractivity contribution in [1.29, 1.82) is 0 Å². The van der Waals surface area contributed by atoms with Crippen molar-refractivity contribution >= 4 is 17.9 Å². The minimum absolute atomic E-state index is 0.0260. The van der Waals surface area contributed by atoms with Crippen LogP contribution in [0.3, 0.4) is 0 Å². The van der Waals surface area contributed by atoms with E-state index in [1.54, 1.807) is 9.80 Å². The summed E-state index contributed by atoms with van der Waals surface area (Å²) in [5.41, 5.74) is 1.98. The van der Waals surface area contributed by atoms with Crippen LogP contribution < -0.4 is 0 Å². The third-order valence-electron chi connectivity index (χ3n) is 5.95. The second kappa shape index (κ2) is 7.40.